The number of ether oxygens (including phenoxy) is 5. The number of rotatable bonds is 19. The van der Waals surface area contributed by atoms with Crippen molar-refractivity contribution in [2.45, 2.75) is 53.4 Å². The van der Waals surface area contributed by atoms with Gasteiger partial charge in [-0.3, -0.25) is 0 Å². The fourth-order valence-electron chi connectivity index (χ4n) is 6.53. The summed E-state index contributed by atoms with van der Waals surface area (Å²) in [7, 11) is 0. The van der Waals surface area contributed by atoms with Gasteiger partial charge in [0, 0.05) is 18.1 Å². The van der Waals surface area contributed by atoms with E-state index in [2.05, 4.69) is 162 Å². The van der Waals surface area contributed by atoms with Crippen LogP contribution in [0.25, 0.3) is 6.08 Å². The molecule has 7 nitrogen and oxygen atoms in total. The second-order valence-corrected chi connectivity index (χ2v) is 16.4. The van der Waals surface area contributed by atoms with E-state index in [1.165, 1.54) is 55.6 Å². The predicted molar refractivity (Wildman–Crippen MR) is 275 cm³/mol. The number of hydrogen-bond donors (Lipinski definition) is 0. The summed E-state index contributed by atoms with van der Waals surface area (Å²) in [6, 6.07) is 58.0. The smallest absolute Gasteiger partial charge is 0.335 e. The highest BCUT2D eigenvalue weighted by Crippen LogP contribution is 2.19. The van der Waals surface area contributed by atoms with E-state index in [4.69, 9.17) is 23.7 Å². The molecule has 0 spiro atoms. The zero-order valence-corrected chi connectivity index (χ0v) is 39.7. The van der Waals surface area contributed by atoms with E-state index in [0.717, 1.165) is 43.1 Å². The van der Waals surface area contributed by atoms with E-state index in [-0.39, 0.29) is 13.6 Å². The van der Waals surface area contributed by atoms with Gasteiger partial charge in [0.1, 0.15) is 17.2 Å². The molecule has 0 aliphatic carbocycles. The molecule has 0 heterocycles. The molecule has 68 heavy (non-hydrogen) atoms. The molecule has 7 aromatic rings. The Bertz CT molecular complexity index is 2630. The van der Waals surface area contributed by atoms with Gasteiger partial charge in [0.05, 0.1) is 6.61 Å². The van der Waals surface area contributed by atoms with Gasteiger partial charge in [0.25, 0.3) is 0 Å². The molecule has 0 amide bonds. The lowest BCUT2D eigenvalue weighted by molar-refractivity contribution is -0.145. The third-order valence-corrected chi connectivity index (χ3v) is 10.6. The van der Waals surface area contributed by atoms with Crippen LogP contribution in [-0.2, 0) is 44.7 Å². The number of carbonyl (C=O) groups is 2. The lowest BCUT2D eigenvalue weighted by Crippen LogP contribution is -2.10. The van der Waals surface area contributed by atoms with E-state index >= 15 is 0 Å². The van der Waals surface area contributed by atoms with E-state index in [9.17, 15) is 9.59 Å². The average molecular weight is 907 g/mol. The first-order valence-corrected chi connectivity index (χ1v) is 22.6. The van der Waals surface area contributed by atoms with Crippen molar-refractivity contribution in [3.8, 4) is 17.2 Å². The van der Waals surface area contributed by atoms with Gasteiger partial charge in [-0.2, -0.15) is 0 Å². The van der Waals surface area contributed by atoms with Crippen LogP contribution in [0.3, 0.4) is 0 Å². The standard InChI is InChI=1S/C24H24O.C19H20O3.C18H18O3/c1-3-20-8-10-21(11-9-20)16-17-25-24-14-12-23(13-15-24)18-22-6-4-19(2)5-7-22;1-14(2)19(20)22-13-21-18-10-8-17(9-11-18)12-16-6-4-15(3)5-7-16;1-3-18(19)21-13-20-17-10-8-16(9-11-17)12-15-6-4-14(2)5-7-15/h3-15H,1,16-18H2,2H3;4-11H,1,12-13H2,2-3H3;3-11H,1,12-13H2,2H3. The SMILES string of the molecule is C=C(C)C(=O)OCOc1ccc(Cc2ccc(C)cc2)cc1.C=CC(=O)OCOc1ccc(Cc2ccc(C)cc2)cc1.C=Cc1ccc(CCOc2ccc(Cc3ccc(C)cc3)cc2)cc1. The highest BCUT2D eigenvalue weighted by atomic mass is 16.7. The molecule has 0 aliphatic heterocycles. The predicted octanol–water partition coefficient (Wildman–Crippen LogP) is 13.5. The summed E-state index contributed by atoms with van der Waals surface area (Å²) in [4.78, 5) is 22.1. The van der Waals surface area contributed by atoms with Crippen molar-refractivity contribution in [2.75, 3.05) is 20.2 Å². The highest BCUT2D eigenvalue weighted by molar-refractivity contribution is 5.86. The molecule has 0 radical (unpaired) electrons. The maximum absolute atomic E-state index is 11.2. The van der Waals surface area contributed by atoms with Crippen LogP contribution >= 0.6 is 0 Å². The van der Waals surface area contributed by atoms with Crippen molar-refractivity contribution in [1.29, 1.82) is 0 Å². The number of benzene rings is 7. The summed E-state index contributed by atoms with van der Waals surface area (Å²) < 4.78 is 26.2. The zero-order chi connectivity index (χ0) is 48.5. The van der Waals surface area contributed by atoms with E-state index in [1.54, 1.807) is 6.92 Å². The van der Waals surface area contributed by atoms with Crippen LogP contribution < -0.4 is 14.2 Å². The molecule has 0 unspecified atom stereocenters. The Balaban J connectivity index is 0.000000192. The largest absolute Gasteiger partial charge is 0.493 e. The molecule has 0 N–H and O–H groups in total. The van der Waals surface area contributed by atoms with Crippen LogP contribution in [0.1, 0.15) is 68.1 Å². The van der Waals surface area contributed by atoms with Crippen molar-refractivity contribution >= 4 is 18.0 Å². The molecule has 0 aliphatic rings. The van der Waals surface area contributed by atoms with E-state index < -0.39 is 11.9 Å². The number of aryl methyl sites for hydroxylation is 3. The van der Waals surface area contributed by atoms with Crippen LogP contribution in [0.4, 0.5) is 0 Å². The quantitative estimate of drug-likeness (QED) is 0.0454. The molecule has 0 saturated heterocycles. The van der Waals surface area contributed by atoms with Crippen LogP contribution in [0.15, 0.2) is 201 Å². The Kier molecular flexibility index (Phi) is 20.7. The lowest BCUT2D eigenvalue weighted by Gasteiger charge is -2.08. The summed E-state index contributed by atoms with van der Waals surface area (Å²) >= 11 is 0. The lowest BCUT2D eigenvalue weighted by atomic mass is 10.0. The van der Waals surface area contributed by atoms with Crippen molar-refractivity contribution in [1.82, 2.24) is 0 Å². The summed E-state index contributed by atoms with van der Waals surface area (Å²) in [6.07, 6.45) is 6.59. The van der Waals surface area contributed by atoms with Crippen LogP contribution in [0.2, 0.25) is 0 Å². The van der Waals surface area contributed by atoms with Crippen molar-refractivity contribution in [2.24, 2.45) is 0 Å². The molecule has 0 aromatic heterocycles. The van der Waals surface area contributed by atoms with Crippen molar-refractivity contribution in [3.05, 3.63) is 262 Å². The highest BCUT2D eigenvalue weighted by Gasteiger charge is 2.05. The first-order valence-electron chi connectivity index (χ1n) is 22.6. The number of esters is 2. The van der Waals surface area contributed by atoms with Gasteiger partial charge >= 0.3 is 11.9 Å². The topological polar surface area (TPSA) is 80.3 Å². The molecule has 0 saturated carbocycles. The van der Waals surface area contributed by atoms with Crippen molar-refractivity contribution < 1.29 is 33.3 Å². The maximum Gasteiger partial charge on any atom is 0.335 e. The minimum atomic E-state index is -0.494. The third-order valence-electron chi connectivity index (χ3n) is 10.6. The van der Waals surface area contributed by atoms with Gasteiger partial charge in [-0.05, 0) is 128 Å². The Morgan fingerprint density at radius 3 is 1.10 bits per heavy atom. The molecule has 0 fully saturated rings. The van der Waals surface area contributed by atoms with Gasteiger partial charge in [-0.25, -0.2) is 9.59 Å². The minimum absolute atomic E-state index is 0.108. The second kappa shape index (κ2) is 27.5. The minimum Gasteiger partial charge on any atom is -0.493 e. The van der Waals surface area contributed by atoms with Gasteiger partial charge in [-0.1, -0.05) is 176 Å². The molecule has 348 valence electrons. The average Bonchev–Trinajstić information content (AvgIpc) is 3.36. The monoisotopic (exact) mass is 906 g/mol. The molecule has 0 bridgehead atoms. The van der Waals surface area contributed by atoms with Crippen LogP contribution in [0.5, 0.6) is 17.2 Å². The van der Waals surface area contributed by atoms with E-state index in [0.29, 0.717) is 23.7 Å². The Morgan fingerprint density at radius 1 is 0.441 bits per heavy atom. The molecule has 7 heteroatoms. The summed E-state index contributed by atoms with van der Waals surface area (Å²) in [6.45, 7) is 18.9. The molecule has 7 aromatic carbocycles. The van der Waals surface area contributed by atoms with Gasteiger partial charge < -0.3 is 23.7 Å². The first-order chi connectivity index (χ1) is 32.9. The molecule has 0 atom stereocenters. The van der Waals surface area contributed by atoms with Gasteiger partial charge in [-0.15, -0.1) is 0 Å². The summed E-state index contributed by atoms with van der Waals surface area (Å²) in [5, 5.41) is 0. The zero-order valence-electron chi connectivity index (χ0n) is 39.7. The first kappa shape index (κ1) is 51.1. The number of hydrogen-bond acceptors (Lipinski definition) is 7. The van der Waals surface area contributed by atoms with Crippen molar-refractivity contribution in [3.63, 3.8) is 0 Å². The summed E-state index contributed by atoms with van der Waals surface area (Å²) in [5.74, 6) is 1.32. The maximum atomic E-state index is 11.2. The number of carbonyl (C=O) groups excluding carboxylic acids is 2. The third kappa shape index (κ3) is 18.9. The van der Waals surface area contributed by atoms with Crippen LogP contribution in [0, 0.1) is 20.8 Å². The normalized spacial score (nSPS) is 10.2. The molecule has 7 rings (SSSR count). The fraction of sp³-hybridized carbons (Fsp3) is 0.180. The van der Waals surface area contributed by atoms with Crippen LogP contribution in [-0.4, -0.2) is 32.1 Å². The van der Waals surface area contributed by atoms with Gasteiger partial charge in [0.2, 0.25) is 13.6 Å². The van der Waals surface area contributed by atoms with Gasteiger partial charge in [0.15, 0.2) is 0 Å². The molecular formula is C61H62O7. The Labute approximate surface area is 403 Å². The Hall–Kier alpha value is -7.90. The molecular weight excluding hydrogens is 845 g/mol. The van der Waals surface area contributed by atoms with E-state index in [1.807, 2.05) is 54.6 Å². The Morgan fingerprint density at radius 2 is 0.765 bits per heavy atom. The fourth-order valence-corrected chi connectivity index (χ4v) is 6.53. The second-order valence-electron chi connectivity index (χ2n) is 16.4. The summed E-state index contributed by atoms with van der Waals surface area (Å²) in [5.41, 5.74) is 14.2.